The summed E-state index contributed by atoms with van der Waals surface area (Å²) in [6.07, 6.45) is 0. The van der Waals surface area contributed by atoms with Gasteiger partial charge < -0.3 is 4.21 Å². The van der Waals surface area contributed by atoms with Crippen LogP contribution in [0.4, 0.5) is 0 Å². The Labute approximate surface area is 43.4 Å². The van der Waals surface area contributed by atoms with Gasteiger partial charge in [0.25, 0.3) is 8.05 Å². The standard InChI is InChI=1S/BClH2O.Li.H/c1-3-2;;/h1H2;;. The van der Waals surface area contributed by atoms with E-state index in [9.17, 15) is 0 Å². The Morgan fingerprint density at radius 1 is 1.75 bits per heavy atom. The number of hydrogen-bond donors (Lipinski definition) is 0. The van der Waals surface area contributed by atoms with Crippen LogP contribution in [0, 0.1) is 0 Å². The first-order chi connectivity index (χ1) is 1.41. The third-order valence-corrected chi connectivity index (χ3v) is 0. The molecular formula is H3BClLiO. The van der Waals surface area contributed by atoms with E-state index in [-0.39, 0.29) is 18.9 Å². The molecule has 0 heterocycles. The summed E-state index contributed by atoms with van der Waals surface area (Å²) < 4.78 is 3.72. The van der Waals surface area contributed by atoms with Crippen LogP contribution in [0.3, 0.4) is 0 Å². The van der Waals surface area contributed by atoms with Gasteiger partial charge in [-0.1, -0.05) is 0 Å². The van der Waals surface area contributed by atoms with Crippen LogP contribution in [-0.2, 0) is 4.21 Å². The summed E-state index contributed by atoms with van der Waals surface area (Å²) in [5.74, 6) is 0. The molecule has 0 unspecified atom stereocenters. The summed E-state index contributed by atoms with van der Waals surface area (Å²) in [6, 6.07) is 0. The molecule has 0 fully saturated rings. The summed E-state index contributed by atoms with van der Waals surface area (Å²) in [6.45, 7) is 0. The molecule has 0 bridgehead atoms. The minimum atomic E-state index is 0. The van der Waals surface area contributed by atoms with E-state index in [2.05, 4.69) is 16.1 Å². The maximum atomic E-state index is 4.50. The molecule has 1 nitrogen and oxygen atoms in total. The Bertz CT molecular complexity index is 8.00. The third kappa shape index (κ3) is 12.8. The molecule has 20 valence electrons. The van der Waals surface area contributed by atoms with Crippen LogP contribution in [0.1, 0.15) is 0 Å². The zero-order valence-corrected chi connectivity index (χ0v) is 2.54. The summed E-state index contributed by atoms with van der Waals surface area (Å²) in [5.41, 5.74) is 0. The molecule has 0 aliphatic carbocycles. The van der Waals surface area contributed by atoms with Crippen LogP contribution < -0.4 is 0 Å². The van der Waals surface area contributed by atoms with Crippen molar-refractivity contribution in [1.29, 1.82) is 0 Å². The molecule has 0 amide bonds. The van der Waals surface area contributed by atoms with Crippen LogP contribution in [-0.4, -0.2) is 26.9 Å². The first kappa shape index (κ1) is 8.86. The molecule has 0 saturated carbocycles. The van der Waals surface area contributed by atoms with E-state index in [0.29, 0.717) is 0 Å². The van der Waals surface area contributed by atoms with Crippen LogP contribution in [0.2, 0.25) is 0 Å². The molecule has 4 heteroatoms. The van der Waals surface area contributed by atoms with Crippen molar-refractivity contribution in [3.8, 4) is 0 Å². The Morgan fingerprint density at radius 3 is 1.75 bits per heavy atom. The molecule has 0 radical (unpaired) electrons. The van der Waals surface area contributed by atoms with E-state index in [1.54, 1.807) is 0 Å². The monoisotopic (exact) mass is 72.0 g/mol. The number of hydrogen-bond acceptors (Lipinski definition) is 1. The van der Waals surface area contributed by atoms with E-state index in [0.717, 1.165) is 0 Å². The molecule has 0 aromatic rings. The normalized spacial score (nSPS) is 4.25. The molecule has 0 aliphatic heterocycles. The summed E-state index contributed by atoms with van der Waals surface area (Å²) >= 11 is 4.50. The van der Waals surface area contributed by atoms with Crippen molar-refractivity contribution in [2.75, 3.05) is 0 Å². The van der Waals surface area contributed by atoms with E-state index in [1.807, 2.05) is 0 Å². The van der Waals surface area contributed by atoms with Crippen molar-refractivity contribution in [2.24, 2.45) is 0 Å². The molecule has 0 atom stereocenters. The third-order valence-electron chi connectivity index (χ3n) is 0. The fraction of sp³-hybridized carbons (Fsp3) is 0. The van der Waals surface area contributed by atoms with Gasteiger partial charge in [0.2, 0.25) is 0 Å². The maximum absolute atomic E-state index is 4.50. The SMILES string of the molecule is BOCl.[LiH]. The van der Waals surface area contributed by atoms with Gasteiger partial charge in [-0.25, -0.2) is 0 Å². The zero-order chi connectivity index (χ0) is 2.71. The predicted molar refractivity (Wildman–Crippen MR) is 22.6 cm³/mol. The molecule has 0 aromatic carbocycles. The molecule has 4 heavy (non-hydrogen) atoms. The first-order valence-electron chi connectivity index (χ1n) is 0.563. The van der Waals surface area contributed by atoms with Crippen molar-refractivity contribution >= 4 is 38.8 Å². The zero-order valence-electron chi connectivity index (χ0n) is 1.79. The van der Waals surface area contributed by atoms with E-state index >= 15 is 0 Å². The quantitative estimate of drug-likeness (QED) is 0.335. The Morgan fingerprint density at radius 2 is 1.75 bits per heavy atom. The molecule has 0 spiro atoms. The fourth-order valence-electron chi connectivity index (χ4n) is 0. The molecule has 0 saturated heterocycles. The number of rotatable bonds is 0. The van der Waals surface area contributed by atoms with Crippen LogP contribution in [0.15, 0.2) is 0 Å². The summed E-state index contributed by atoms with van der Waals surface area (Å²) in [5, 5.41) is 0. The van der Waals surface area contributed by atoms with E-state index in [1.165, 1.54) is 8.05 Å². The Hall–Kier alpha value is 0.912. The topological polar surface area (TPSA) is 9.23 Å². The fourth-order valence-corrected chi connectivity index (χ4v) is 0. The van der Waals surface area contributed by atoms with Gasteiger partial charge in [-0.3, -0.25) is 0 Å². The van der Waals surface area contributed by atoms with Gasteiger partial charge >= 0.3 is 18.9 Å². The van der Waals surface area contributed by atoms with Crippen molar-refractivity contribution < 1.29 is 4.21 Å². The molecule has 0 rings (SSSR count). The molecule has 0 N–H and O–H groups in total. The van der Waals surface area contributed by atoms with Gasteiger partial charge in [-0.15, -0.1) is 0 Å². The second-order valence-corrected chi connectivity index (χ2v) is 0.463. The average Bonchev–Trinajstić information content (AvgIpc) is 0.918. The van der Waals surface area contributed by atoms with Gasteiger partial charge in [0.05, 0.1) is 0 Å². The minimum absolute atomic E-state index is 0. The van der Waals surface area contributed by atoms with Crippen molar-refractivity contribution in [1.82, 2.24) is 0 Å². The van der Waals surface area contributed by atoms with Crippen molar-refractivity contribution in [2.45, 2.75) is 0 Å². The van der Waals surface area contributed by atoms with Gasteiger partial charge in [-0.2, -0.15) is 0 Å². The molecule has 0 aliphatic rings. The average molecular weight is 72.2 g/mol. The van der Waals surface area contributed by atoms with E-state index < -0.39 is 0 Å². The van der Waals surface area contributed by atoms with Crippen LogP contribution >= 0.6 is 11.9 Å². The Balaban J connectivity index is 0. The second-order valence-electron chi connectivity index (χ2n) is 0.154. The molecular weight excluding hydrogens is 69.2 g/mol. The van der Waals surface area contributed by atoms with Crippen LogP contribution in [0.5, 0.6) is 0 Å². The van der Waals surface area contributed by atoms with E-state index in [4.69, 9.17) is 0 Å². The van der Waals surface area contributed by atoms with Gasteiger partial charge in [0.15, 0.2) is 0 Å². The van der Waals surface area contributed by atoms with Crippen molar-refractivity contribution in [3.63, 3.8) is 0 Å². The van der Waals surface area contributed by atoms with Crippen molar-refractivity contribution in [3.05, 3.63) is 0 Å². The van der Waals surface area contributed by atoms with Gasteiger partial charge in [-0.05, 0) is 0 Å². The Kier molecular flexibility index (Phi) is 20.1. The van der Waals surface area contributed by atoms with Gasteiger partial charge in [0.1, 0.15) is 0 Å². The van der Waals surface area contributed by atoms with Crippen LogP contribution in [0.25, 0.3) is 0 Å². The summed E-state index contributed by atoms with van der Waals surface area (Å²) in [4.78, 5) is 0. The molecule has 0 aromatic heterocycles. The second kappa shape index (κ2) is 9.07. The van der Waals surface area contributed by atoms with Gasteiger partial charge in [0, 0.05) is 11.9 Å². The predicted octanol–water partition coefficient (Wildman–Crippen LogP) is -0.944. The number of halogens is 1. The summed E-state index contributed by atoms with van der Waals surface area (Å²) in [7, 11) is 1.39. The first-order valence-corrected chi connectivity index (χ1v) is 0.871.